The summed E-state index contributed by atoms with van der Waals surface area (Å²) >= 11 is 6.03. The maximum Gasteiger partial charge on any atom is 0.260 e. The van der Waals surface area contributed by atoms with Gasteiger partial charge in [-0.05, 0) is 40.5 Å². The zero-order valence-electron chi connectivity index (χ0n) is 25.1. The minimum atomic E-state index is -0.324. The Morgan fingerprint density at radius 3 is 1.88 bits per heavy atom. The van der Waals surface area contributed by atoms with Crippen LogP contribution in [0.3, 0.4) is 0 Å². The van der Waals surface area contributed by atoms with Crippen LogP contribution in [0.1, 0.15) is 55.5 Å². The third kappa shape index (κ3) is 6.72. The largest absolute Gasteiger partial charge is 0.483 e. The van der Waals surface area contributed by atoms with Crippen LogP contribution in [0.15, 0.2) is 103 Å². The molecule has 1 fully saturated rings. The SMILES string of the molecule is CC(C)(c1ccccc1)c1ccc(OCC(=O)N2CCN(Cc3ccc(Cl)cc3)CC2)c(C(C)(C)c2ccccc2)c1. The van der Waals surface area contributed by atoms with Crippen LogP contribution in [-0.4, -0.2) is 48.5 Å². The van der Waals surface area contributed by atoms with Crippen molar-refractivity contribution in [1.29, 1.82) is 0 Å². The molecule has 0 N–H and O–H groups in total. The molecule has 4 aromatic carbocycles. The molecule has 0 saturated carbocycles. The highest BCUT2D eigenvalue weighted by Gasteiger charge is 2.31. The molecule has 5 heteroatoms. The van der Waals surface area contributed by atoms with Gasteiger partial charge in [0.25, 0.3) is 5.91 Å². The van der Waals surface area contributed by atoms with Crippen molar-refractivity contribution in [2.75, 3.05) is 32.8 Å². The van der Waals surface area contributed by atoms with E-state index in [0.29, 0.717) is 13.1 Å². The third-order valence-electron chi connectivity index (χ3n) is 8.76. The molecule has 4 nitrogen and oxygen atoms in total. The van der Waals surface area contributed by atoms with Gasteiger partial charge in [0.1, 0.15) is 5.75 Å². The van der Waals surface area contributed by atoms with E-state index in [2.05, 4.69) is 118 Å². The zero-order chi connectivity index (χ0) is 29.7. The van der Waals surface area contributed by atoms with Crippen LogP contribution in [0.2, 0.25) is 5.02 Å². The van der Waals surface area contributed by atoms with Gasteiger partial charge in [0.05, 0.1) is 0 Å². The van der Waals surface area contributed by atoms with E-state index in [1.165, 1.54) is 22.3 Å². The van der Waals surface area contributed by atoms with Crippen molar-refractivity contribution in [1.82, 2.24) is 9.80 Å². The average molecular weight is 581 g/mol. The summed E-state index contributed by atoms with van der Waals surface area (Å²) in [6.45, 7) is 12.9. The Hall–Kier alpha value is -3.60. The molecule has 0 spiro atoms. The molecule has 0 aromatic heterocycles. The molecular weight excluding hydrogens is 540 g/mol. The highest BCUT2D eigenvalue weighted by Crippen LogP contribution is 2.41. The van der Waals surface area contributed by atoms with Gasteiger partial charge in [-0.25, -0.2) is 0 Å². The number of ether oxygens (including phenoxy) is 1. The molecule has 0 unspecified atom stereocenters. The van der Waals surface area contributed by atoms with Crippen LogP contribution in [0, 0.1) is 0 Å². The number of hydrogen-bond acceptors (Lipinski definition) is 3. The first-order valence-electron chi connectivity index (χ1n) is 14.8. The minimum absolute atomic E-state index is 0.0243. The van der Waals surface area contributed by atoms with Gasteiger partial charge in [0.2, 0.25) is 0 Å². The van der Waals surface area contributed by atoms with Crippen molar-refractivity contribution in [2.24, 2.45) is 0 Å². The van der Waals surface area contributed by atoms with Gasteiger partial charge < -0.3 is 9.64 Å². The Morgan fingerprint density at radius 2 is 1.29 bits per heavy atom. The Labute approximate surface area is 255 Å². The fraction of sp³-hybridized carbons (Fsp3) is 0.324. The first-order valence-corrected chi connectivity index (χ1v) is 15.2. The minimum Gasteiger partial charge on any atom is -0.483 e. The molecule has 4 aromatic rings. The van der Waals surface area contributed by atoms with E-state index in [9.17, 15) is 4.79 Å². The topological polar surface area (TPSA) is 32.8 Å². The molecule has 0 radical (unpaired) electrons. The second kappa shape index (κ2) is 12.7. The number of carbonyl (C=O) groups is 1. The van der Waals surface area contributed by atoms with E-state index in [-0.39, 0.29) is 23.3 Å². The molecule has 1 aliphatic rings. The molecule has 42 heavy (non-hydrogen) atoms. The summed E-state index contributed by atoms with van der Waals surface area (Å²) in [7, 11) is 0. The van der Waals surface area contributed by atoms with Crippen LogP contribution >= 0.6 is 11.6 Å². The fourth-order valence-corrected chi connectivity index (χ4v) is 5.93. The molecular formula is C37H41ClN2O2. The van der Waals surface area contributed by atoms with Crippen molar-refractivity contribution >= 4 is 17.5 Å². The smallest absolute Gasteiger partial charge is 0.260 e. The van der Waals surface area contributed by atoms with Gasteiger partial charge >= 0.3 is 0 Å². The van der Waals surface area contributed by atoms with E-state index in [4.69, 9.17) is 16.3 Å². The van der Waals surface area contributed by atoms with Gasteiger partial charge in [0.15, 0.2) is 6.61 Å². The van der Waals surface area contributed by atoms with E-state index >= 15 is 0 Å². The fourth-order valence-electron chi connectivity index (χ4n) is 5.80. The summed E-state index contributed by atoms with van der Waals surface area (Å²) in [4.78, 5) is 17.6. The molecule has 1 aliphatic heterocycles. The second-order valence-electron chi connectivity index (χ2n) is 12.3. The van der Waals surface area contributed by atoms with Gasteiger partial charge in [-0.1, -0.05) is 124 Å². The predicted molar refractivity (Wildman–Crippen MR) is 172 cm³/mol. The predicted octanol–water partition coefficient (Wildman–Crippen LogP) is 7.72. The maximum atomic E-state index is 13.3. The van der Waals surface area contributed by atoms with Gasteiger partial charge in [-0.15, -0.1) is 0 Å². The van der Waals surface area contributed by atoms with E-state index in [1.54, 1.807) is 0 Å². The summed E-state index contributed by atoms with van der Waals surface area (Å²) in [5.41, 5.74) is 5.47. The standard InChI is InChI=1S/C37H41ClN2O2/c1-36(2,29-11-7-5-8-12-29)31-17-20-34(33(25-31)37(3,4)30-13-9-6-10-14-30)42-27-35(41)40-23-21-39(22-24-40)26-28-15-18-32(38)19-16-28/h5-20,25H,21-24,26-27H2,1-4H3. The lowest BCUT2D eigenvalue weighted by Gasteiger charge is -2.35. The van der Waals surface area contributed by atoms with Crippen LogP contribution in [-0.2, 0) is 22.2 Å². The molecule has 0 aliphatic carbocycles. The highest BCUT2D eigenvalue weighted by atomic mass is 35.5. The van der Waals surface area contributed by atoms with E-state index < -0.39 is 0 Å². The first-order chi connectivity index (χ1) is 20.1. The molecule has 1 amide bonds. The summed E-state index contributed by atoms with van der Waals surface area (Å²) in [5.74, 6) is 0.782. The molecule has 218 valence electrons. The van der Waals surface area contributed by atoms with Crippen molar-refractivity contribution in [3.8, 4) is 5.75 Å². The Bertz CT molecular complexity index is 1480. The molecule has 0 bridgehead atoms. The number of carbonyl (C=O) groups excluding carboxylic acids is 1. The summed E-state index contributed by atoms with van der Waals surface area (Å²) in [5, 5.41) is 0.749. The van der Waals surface area contributed by atoms with Gasteiger partial charge in [-0.2, -0.15) is 0 Å². The number of nitrogens with zero attached hydrogens (tertiary/aromatic N) is 2. The number of benzene rings is 4. The Kier molecular flexibility index (Phi) is 9.05. The molecule has 1 saturated heterocycles. The number of rotatable bonds is 9. The van der Waals surface area contributed by atoms with E-state index in [1.807, 2.05) is 23.1 Å². The van der Waals surface area contributed by atoms with Crippen molar-refractivity contribution in [3.63, 3.8) is 0 Å². The monoisotopic (exact) mass is 580 g/mol. The normalized spacial score (nSPS) is 14.5. The van der Waals surface area contributed by atoms with Crippen LogP contribution in [0.25, 0.3) is 0 Å². The van der Waals surface area contributed by atoms with Crippen LogP contribution in [0.4, 0.5) is 0 Å². The lowest BCUT2D eigenvalue weighted by molar-refractivity contribution is -0.135. The lowest BCUT2D eigenvalue weighted by Crippen LogP contribution is -2.49. The summed E-state index contributed by atoms with van der Waals surface area (Å²) < 4.78 is 6.35. The third-order valence-corrected chi connectivity index (χ3v) is 9.01. The zero-order valence-corrected chi connectivity index (χ0v) is 25.9. The first kappa shape index (κ1) is 29.9. The summed E-state index contributed by atoms with van der Waals surface area (Å²) in [6, 6.07) is 35.6. The number of amides is 1. The van der Waals surface area contributed by atoms with Gasteiger partial charge in [0, 0.05) is 54.1 Å². The maximum absolute atomic E-state index is 13.3. The number of piperazine rings is 1. The van der Waals surface area contributed by atoms with Gasteiger partial charge in [-0.3, -0.25) is 9.69 Å². The number of halogens is 1. The Morgan fingerprint density at radius 1 is 0.714 bits per heavy atom. The average Bonchev–Trinajstić information content (AvgIpc) is 3.02. The quantitative estimate of drug-likeness (QED) is 0.203. The molecule has 5 rings (SSSR count). The van der Waals surface area contributed by atoms with Crippen LogP contribution in [0.5, 0.6) is 5.75 Å². The van der Waals surface area contributed by atoms with Crippen molar-refractivity contribution in [3.05, 3.63) is 136 Å². The van der Waals surface area contributed by atoms with Crippen molar-refractivity contribution in [2.45, 2.75) is 45.1 Å². The van der Waals surface area contributed by atoms with Crippen LogP contribution < -0.4 is 4.74 Å². The highest BCUT2D eigenvalue weighted by molar-refractivity contribution is 6.30. The summed E-state index contributed by atoms with van der Waals surface area (Å²) in [6.07, 6.45) is 0. The lowest BCUT2D eigenvalue weighted by atomic mass is 9.73. The second-order valence-corrected chi connectivity index (χ2v) is 12.7. The van der Waals surface area contributed by atoms with E-state index in [0.717, 1.165) is 36.0 Å². The molecule has 1 heterocycles. The van der Waals surface area contributed by atoms with Crippen molar-refractivity contribution < 1.29 is 9.53 Å². The Balaban J connectivity index is 1.31. The molecule has 0 atom stereocenters. The number of hydrogen-bond donors (Lipinski definition) is 0.